The molecule has 0 spiro atoms. The van der Waals surface area contributed by atoms with Gasteiger partial charge in [-0.3, -0.25) is 4.79 Å². The Kier molecular flexibility index (Phi) is 4.07. The van der Waals surface area contributed by atoms with Gasteiger partial charge in [0.15, 0.2) is 5.82 Å². The highest BCUT2D eigenvalue weighted by atomic mass is 32.1. The number of anilines is 1. The molecule has 0 aromatic carbocycles. The molecule has 0 aliphatic heterocycles. The maximum Gasteiger partial charge on any atom is 0.224 e. The number of hydrogen-bond acceptors (Lipinski definition) is 4. The van der Waals surface area contributed by atoms with Gasteiger partial charge in [-0.1, -0.05) is 6.07 Å². The van der Waals surface area contributed by atoms with Crippen LogP contribution >= 0.6 is 11.3 Å². The van der Waals surface area contributed by atoms with Crippen molar-refractivity contribution < 1.29 is 4.79 Å². The van der Waals surface area contributed by atoms with Crippen LogP contribution in [0.3, 0.4) is 0 Å². The molecule has 1 N–H and O–H groups in total. The van der Waals surface area contributed by atoms with E-state index in [1.165, 1.54) is 4.88 Å². The molecule has 1 amide bonds. The maximum atomic E-state index is 12.1. The normalized spacial score (nSPS) is 10.5. The van der Waals surface area contributed by atoms with E-state index in [4.69, 9.17) is 0 Å². The zero-order chi connectivity index (χ0) is 14.5. The summed E-state index contributed by atoms with van der Waals surface area (Å²) in [6.45, 7) is 0. The lowest BCUT2D eigenvalue weighted by Gasteiger charge is -2.09. The fraction of sp³-hybridized carbons (Fsp3) is 0.133. The minimum atomic E-state index is -0.0233. The Morgan fingerprint density at radius 2 is 2.19 bits per heavy atom. The predicted molar refractivity (Wildman–Crippen MR) is 82.6 cm³/mol. The zero-order valence-corrected chi connectivity index (χ0v) is 12.1. The van der Waals surface area contributed by atoms with E-state index in [-0.39, 0.29) is 5.91 Å². The summed E-state index contributed by atoms with van der Waals surface area (Å²) in [5.41, 5.74) is 0.664. The Morgan fingerprint density at radius 1 is 1.24 bits per heavy atom. The summed E-state index contributed by atoms with van der Waals surface area (Å²) >= 11 is 1.67. The van der Waals surface area contributed by atoms with E-state index < -0.39 is 0 Å². The van der Waals surface area contributed by atoms with Crippen LogP contribution in [0.2, 0.25) is 0 Å². The van der Waals surface area contributed by atoms with Crippen LogP contribution in [0.4, 0.5) is 5.69 Å². The molecule has 3 rings (SSSR count). The van der Waals surface area contributed by atoms with Gasteiger partial charge in [-0.15, -0.1) is 11.3 Å². The summed E-state index contributed by atoms with van der Waals surface area (Å²) in [4.78, 5) is 17.5. The van der Waals surface area contributed by atoms with Crippen LogP contribution in [0.1, 0.15) is 11.3 Å². The lowest BCUT2D eigenvalue weighted by Crippen LogP contribution is -2.14. The van der Waals surface area contributed by atoms with Gasteiger partial charge in [0.2, 0.25) is 5.91 Å². The lowest BCUT2D eigenvalue weighted by molar-refractivity contribution is -0.116. The number of amides is 1. The van der Waals surface area contributed by atoms with E-state index in [1.807, 2.05) is 29.6 Å². The highest BCUT2D eigenvalue weighted by Crippen LogP contribution is 2.17. The van der Waals surface area contributed by atoms with Gasteiger partial charge in [-0.25, -0.2) is 9.67 Å². The molecular formula is C15H14N4OS. The zero-order valence-electron chi connectivity index (χ0n) is 11.3. The number of aryl methyl sites for hydroxylation is 1. The molecule has 0 bridgehead atoms. The molecule has 0 radical (unpaired) electrons. The lowest BCUT2D eigenvalue weighted by atomic mass is 10.2. The van der Waals surface area contributed by atoms with Crippen molar-refractivity contribution in [1.82, 2.24) is 14.8 Å². The monoisotopic (exact) mass is 298 g/mol. The predicted octanol–water partition coefficient (Wildman–Crippen LogP) is 2.90. The van der Waals surface area contributed by atoms with Gasteiger partial charge in [-0.2, -0.15) is 5.10 Å². The van der Waals surface area contributed by atoms with Crippen LogP contribution < -0.4 is 5.32 Å². The molecule has 106 valence electrons. The topological polar surface area (TPSA) is 59.8 Å². The van der Waals surface area contributed by atoms with Crippen LogP contribution in [0.5, 0.6) is 0 Å². The molecule has 3 aromatic rings. The van der Waals surface area contributed by atoms with Crippen molar-refractivity contribution in [2.75, 3.05) is 5.32 Å². The number of aromatic nitrogens is 3. The Labute approximate surface area is 126 Å². The minimum absolute atomic E-state index is 0.0233. The first-order chi connectivity index (χ1) is 10.3. The number of nitrogens with zero attached hydrogens (tertiary/aromatic N) is 3. The summed E-state index contributed by atoms with van der Waals surface area (Å²) in [6, 6.07) is 9.47. The molecule has 5 nitrogen and oxygen atoms in total. The molecule has 0 aliphatic carbocycles. The van der Waals surface area contributed by atoms with Gasteiger partial charge < -0.3 is 5.32 Å². The number of rotatable bonds is 5. The first-order valence-electron chi connectivity index (χ1n) is 6.60. The van der Waals surface area contributed by atoms with Crippen molar-refractivity contribution in [3.8, 4) is 5.82 Å². The maximum absolute atomic E-state index is 12.1. The molecule has 0 fully saturated rings. The number of hydrogen-bond donors (Lipinski definition) is 1. The summed E-state index contributed by atoms with van der Waals surface area (Å²) in [5, 5.41) is 9.07. The van der Waals surface area contributed by atoms with Crippen LogP contribution in [0.15, 0.2) is 54.3 Å². The number of thiophene rings is 1. The van der Waals surface area contributed by atoms with Gasteiger partial charge >= 0.3 is 0 Å². The van der Waals surface area contributed by atoms with Crippen LogP contribution in [-0.4, -0.2) is 20.7 Å². The first-order valence-corrected chi connectivity index (χ1v) is 7.48. The SMILES string of the molecule is O=C(CCc1cccs1)Nc1cccnc1-n1cccn1. The standard InChI is InChI=1S/C15H14N4OS/c20-14(7-6-12-4-2-11-21-12)18-13-5-1-8-16-15(13)19-10-3-9-17-19/h1-5,8-11H,6-7H2,(H,18,20). The molecule has 3 aromatic heterocycles. The fourth-order valence-corrected chi connectivity index (χ4v) is 2.68. The van der Waals surface area contributed by atoms with E-state index in [1.54, 1.807) is 40.7 Å². The first kappa shape index (κ1) is 13.5. The van der Waals surface area contributed by atoms with Crippen LogP contribution in [-0.2, 0) is 11.2 Å². The van der Waals surface area contributed by atoms with Crippen molar-refractivity contribution in [2.24, 2.45) is 0 Å². The number of nitrogens with one attached hydrogen (secondary N) is 1. The van der Waals surface area contributed by atoms with Gasteiger partial charge in [0, 0.05) is 29.9 Å². The quantitative estimate of drug-likeness (QED) is 0.788. The highest BCUT2D eigenvalue weighted by molar-refractivity contribution is 7.09. The third-order valence-electron chi connectivity index (χ3n) is 2.96. The summed E-state index contributed by atoms with van der Waals surface area (Å²) < 4.78 is 1.63. The Balaban J connectivity index is 1.69. The third-order valence-corrected chi connectivity index (χ3v) is 3.90. The summed E-state index contributed by atoms with van der Waals surface area (Å²) in [6.07, 6.45) is 6.36. The number of carbonyl (C=O) groups excluding carboxylic acids is 1. The Hall–Kier alpha value is -2.47. The second-order valence-electron chi connectivity index (χ2n) is 4.45. The van der Waals surface area contributed by atoms with E-state index in [9.17, 15) is 4.79 Å². The Bertz CT molecular complexity index is 707. The van der Waals surface area contributed by atoms with Crippen molar-refractivity contribution in [2.45, 2.75) is 12.8 Å². The number of pyridine rings is 1. The van der Waals surface area contributed by atoms with E-state index in [2.05, 4.69) is 15.4 Å². The summed E-state index contributed by atoms with van der Waals surface area (Å²) in [7, 11) is 0. The van der Waals surface area contributed by atoms with Gasteiger partial charge in [-0.05, 0) is 36.1 Å². The summed E-state index contributed by atoms with van der Waals surface area (Å²) in [5.74, 6) is 0.594. The molecule has 0 unspecified atom stereocenters. The molecule has 3 heterocycles. The molecule has 0 atom stereocenters. The van der Waals surface area contributed by atoms with E-state index in [0.717, 1.165) is 6.42 Å². The largest absolute Gasteiger partial charge is 0.323 e. The minimum Gasteiger partial charge on any atom is -0.323 e. The van der Waals surface area contributed by atoms with Crippen LogP contribution in [0.25, 0.3) is 5.82 Å². The number of carbonyl (C=O) groups is 1. The third kappa shape index (κ3) is 3.35. The van der Waals surface area contributed by atoms with Crippen molar-refractivity contribution in [3.63, 3.8) is 0 Å². The second kappa shape index (κ2) is 6.32. The second-order valence-corrected chi connectivity index (χ2v) is 5.48. The van der Waals surface area contributed by atoms with Crippen molar-refractivity contribution in [1.29, 1.82) is 0 Å². The van der Waals surface area contributed by atoms with Crippen molar-refractivity contribution >= 4 is 22.9 Å². The van der Waals surface area contributed by atoms with E-state index in [0.29, 0.717) is 17.9 Å². The molecule has 0 saturated carbocycles. The molecular weight excluding hydrogens is 284 g/mol. The fourth-order valence-electron chi connectivity index (χ4n) is 1.98. The van der Waals surface area contributed by atoms with E-state index >= 15 is 0 Å². The van der Waals surface area contributed by atoms with Crippen LogP contribution in [0, 0.1) is 0 Å². The Morgan fingerprint density at radius 3 is 2.95 bits per heavy atom. The molecule has 21 heavy (non-hydrogen) atoms. The average molecular weight is 298 g/mol. The molecule has 0 saturated heterocycles. The average Bonchev–Trinajstić information content (AvgIpc) is 3.19. The van der Waals surface area contributed by atoms with Gasteiger partial charge in [0.1, 0.15) is 0 Å². The highest BCUT2D eigenvalue weighted by Gasteiger charge is 2.09. The molecule has 6 heteroatoms. The van der Waals surface area contributed by atoms with Gasteiger partial charge in [0.05, 0.1) is 5.69 Å². The van der Waals surface area contributed by atoms with Gasteiger partial charge in [0.25, 0.3) is 0 Å². The van der Waals surface area contributed by atoms with Crippen molar-refractivity contribution in [3.05, 3.63) is 59.2 Å². The smallest absolute Gasteiger partial charge is 0.224 e. The molecule has 0 aliphatic rings.